The molecular weight excluding hydrogens is 408 g/mol. The second-order valence-corrected chi connectivity index (χ2v) is 8.04. The highest BCUT2D eigenvalue weighted by Crippen LogP contribution is 2.33. The van der Waals surface area contributed by atoms with Crippen LogP contribution in [0.2, 0.25) is 0 Å². The third-order valence-corrected chi connectivity index (χ3v) is 6.22. The molecule has 1 amide bonds. The first-order valence-corrected chi connectivity index (χ1v) is 10.3. The first-order valence-electron chi connectivity index (χ1n) is 9.50. The van der Waals surface area contributed by atoms with Crippen molar-refractivity contribution in [3.05, 3.63) is 51.3 Å². The highest BCUT2D eigenvalue weighted by atomic mass is 79.9. The largest absolute Gasteiger partial charge is 0.461 e. The molecule has 0 radical (unpaired) electrons. The van der Waals surface area contributed by atoms with Gasteiger partial charge in [-0.3, -0.25) is 9.59 Å². The van der Waals surface area contributed by atoms with Crippen LogP contribution < -0.4 is 4.90 Å². The van der Waals surface area contributed by atoms with Crippen molar-refractivity contribution in [2.24, 2.45) is 0 Å². The molecule has 0 saturated heterocycles. The average Bonchev–Trinajstić information content (AvgIpc) is 2.83. The molecule has 1 aromatic heterocycles. The third-order valence-electron chi connectivity index (χ3n) is 5.47. The number of aromatic nitrogens is 1. The number of benzene rings is 1. The minimum absolute atomic E-state index is 0.0245. The highest BCUT2D eigenvalue weighted by molar-refractivity contribution is 9.10. The number of rotatable bonds is 3. The molecule has 2 heterocycles. The first-order chi connectivity index (χ1) is 13.1. The lowest BCUT2D eigenvalue weighted by Crippen LogP contribution is -2.41. The molecule has 0 atom stereocenters. The number of carbonyl (C=O) groups excluding carboxylic acids is 2. The van der Waals surface area contributed by atoms with E-state index in [9.17, 15) is 9.59 Å². The van der Waals surface area contributed by atoms with Gasteiger partial charge in [-0.1, -0.05) is 28.4 Å². The number of aryl methyl sites for hydroxylation is 1. The molecule has 0 fully saturated rings. The number of ether oxygens (including phenoxy) is 1. The summed E-state index contributed by atoms with van der Waals surface area (Å²) in [5.74, 6) is -0.309. The lowest BCUT2D eigenvalue weighted by atomic mass is 10.1. The van der Waals surface area contributed by atoms with E-state index in [0.29, 0.717) is 6.54 Å². The fourth-order valence-electron chi connectivity index (χ4n) is 4.16. The van der Waals surface area contributed by atoms with Gasteiger partial charge in [-0.15, -0.1) is 0 Å². The normalized spacial score (nSPS) is 16.5. The smallest absolute Gasteiger partial charge is 0.302 e. The van der Waals surface area contributed by atoms with Crippen LogP contribution in [0.15, 0.2) is 28.7 Å². The van der Waals surface area contributed by atoms with E-state index in [1.54, 1.807) is 0 Å². The summed E-state index contributed by atoms with van der Waals surface area (Å²) < 4.78 is 8.28. The van der Waals surface area contributed by atoms with Crippen LogP contribution in [0, 0.1) is 0 Å². The Balaban J connectivity index is 1.69. The van der Waals surface area contributed by atoms with Crippen molar-refractivity contribution in [1.82, 2.24) is 4.57 Å². The Morgan fingerprint density at radius 3 is 2.81 bits per heavy atom. The van der Waals surface area contributed by atoms with Gasteiger partial charge in [0, 0.05) is 35.7 Å². The summed E-state index contributed by atoms with van der Waals surface area (Å²) in [4.78, 5) is 26.4. The zero-order chi connectivity index (χ0) is 19.0. The molecule has 27 heavy (non-hydrogen) atoms. The monoisotopic (exact) mass is 430 g/mol. The Bertz CT molecular complexity index is 903. The van der Waals surface area contributed by atoms with Crippen molar-refractivity contribution in [2.75, 3.05) is 11.4 Å². The Labute approximate surface area is 167 Å². The Morgan fingerprint density at radius 1 is 1.19 bits per heavy atom. The maximum atomic E-state index is 13.3. The molecule has 0 spiro atoms. The number of anilines is 1. The van der Waals surface area contributed by atoms with E-state index in [1.165, 1.54) is 37.4 Å². The zero-order valence-corrected chi connectivity index (χ0v) is 17.0. The molecule has 6 heteroatoms. The van der Waals surface area contributed by atoms with Crippen molar-refractivity contribution in [3.63, 3.8) is 0 Å². The number of nitrogens with zero attached hydrogens (tertiary/aromatic N) is 2. The summed E-state index contributed by atoms with van der Waals surface area (Å²) in [6.45, 7) is 2.96. The first kappa shape index (κ1) is 18.3. The number of carbonyl (C=O) groups is 2. The Kier molecular flexibility index (Phi) is 5.08. The summed E-state index contributed by atoms with van der Waals surface area (Å²) in [6.07, 6.45) is 5.80. The third kappa shape index (κ3) is 3.43. The van der Waals surface area contributed by atoms with Crippen molar-refractivity contribution >= 4 is 33.5 Å². The molecule has 5 nitrogen and oxygen atoms in total. The fourth-order valence-corrected chi connectivity index (χ4v) is 4.63. The van der Waals surface area contributed by atoms with E-state index in [2.05, 4.69) is 26.6 Å². The summed E-state index contributed by atoms with van der Waals surface area (Å²) in [7, 11) is 0. The lowest BCUT2D eigenvalue weighted by Gasteiger charge is -2.31. The van der Waals surface area contributed by atoms with E-state index in [-0.39, 0.29) is 18.5 Å². The number of halogens is 1. The van der Waals surface area contributed by atoms with Crippen LogP contribution in [-0.4, -0.2) is 23.0 Å². The molecule has 2 aromatic rings. The van der Waals surface area contributed by atoms with Gasteiger partial charge in [0.15, 0.2) is 0 Å². The van der Waals surface area contributed by atoms with Crippen molar-refractivity contribution in [3.8, 4) is 0 Å². The minimum atomic E-state index is -0.334. The van der Waals surface area contributed by atoms with E-state index < -0.39 is 0 Å². The summed E-state index contributed by atoms with van der Waals surface area (Å²) in [5.41, 5.74) is 5.10. The second kappa shape index (κ2) is 7.50. The molecule has 0 N–H and O–H groups in total. The van der Waals surface area contributed by atoms with Crippen LogP contribution >= 0.6 is 15.9 Å². The van der Waals surface area contributed by atoms with Gasteiger partial charge in [0.25, 0.3) is 5.91 Å². The number of hydrogen-bond donors (Lipinski definition) is 0. The predicted molar refractivity (Wildman–Crippen MR) is 107 cm³/mol. The number of amides is 1. The maximum Gasteiger partial charge on any atom is 0.302 e. The van der Waals surface area contributed by atoms with Crippen LogP contribution in [0.25, 0.3) is 0 Å². The van der Waals surface area contributed by atoms with Crippen LogP contribution in [0.4, 0.5) is 5.69 Å². The second-order valence-electron chi connectivity index (χ2n) is 7.19. The van der Waals surface area contributed by atoms with Gasteiger partial charge in [0.1, 0.15) is 12.3 Å². The van der Waals surface area contributed by atoms with Crippen molar-refractivity contribution in [2.45, 2.75) is 52.2 Å². The van der Waals surface area contributed by atoms with Gasteiger partial charge in [-0.25, -0.2) is 0 Å². The van der Waals surface area contributed by atoms with Gasteiger partial charge < -0.3 is 14.2 Å². The van der Waals surface area contributed by atoms with Crippen molar-refractivity contribution < 1.29 is 14.3 Å². The number of esters is 1. The topological polar surface area (TPSA) is 51.5 Å². The van der Waals surface area contributed by atoms with Crippen LogP contribution in [0.3, 0.4) is 0 Å². The lowest BCUT2D eigenvalue weighted by molar-refractivity contribution is -0.142. The summed E-state index contributed by atoms with van der Waals surface area (Å²) in [6, 6.07) is 7.83. The Morgan fingerprint density at radius 2 is 2.00 bits per heavy atom. The minimum Gasteiger partial charge on any atom is -0.461 e. The molecule has 1 aliphatic carbocycles. The average molecular weight is 431 g/mol. The van der Waals surface area contributed by atoms with Gasteiger partial charge in [-0.05, 0) is 49.4 Å². The molecule has 4 rings (SSSR count). The van der Waals surface area contributed by atoms with E-state index in [1.807, 2.05) is 23.1 Å². The fraction of sp³-hybridized carbons (Fsp3) is 0.429. The molecule has 1 aromatic carbocycles. The van der Waals surface area contributed by atoms with E-state index >= 15 is 0 Å². The number of hydrogen-bond acceptors (Lipinski definition) is 3. The predicted octanol–water partition coefficient (Wildman–Crippen LogP) is 4.24. The van der Waals surface area contributed by atoms with Gasteiger partial charge in [0.2, 0.25) is 0 Å². The Hall–Kier alpha value is -2.08. The van der Waals surface area contributed by atoms with Crippen LogP contribution in [-0.2, 0) is 35.5 Å². The quantitative estimate of drug-likeness (QED) is 0.540. The SMILES string of the molecule is CC(=O)OCc1c(Br)cccc1N1CCn2c(cc3c2CCCCC3)C1=O. The molecular formula is C21H23BrN2O3. The van der Waals surface area contributed by atoms with Crippen molar-refractivity contribution in [1.29, 1.82) is 0 Å². The van der Waals surface area contributed by atoms with Crippen LogP contribution in [0.5, 0.6) is 0 Å². The molecule has 1 aliphatic heterocycles. The van der Waals surface area contributed by atoms with E-state index in [4.69, 9.17) is 4.74 Å². The van der Waals surface area contributed by atoms with E-state index in [0.717, 1.165) is 40.8 Å². The van der Waals surface area contributed by atoms with Gasteiger partial charge in [0.05, 0.1) is 5.69 Å². The molecule has 2 aliphatic rings. The molecule has 0 unspecified atom stereocenters. The van der Waals surface area contributed by atoms with Gasteiger partial charge in [-0.2, -0.15) is 0 Å². The molecule has 0 saturated carbocycles. The maximum absolute atomic E-state index is 13.3. The summed E-state index contributed by atoms with van der Waals surface area (Å²) >= 11 is 3.54. The summed E-state index contributed by atoms with van der Waals surface area (Å²) in [5, 5.41) is 0. The molecule has 0 bridgehead atoms. The van der Waals surface area contributed by atoms with Gasteiger partial charge >= 0.3 is 5.97 Å². The number of fused-ring (bicyclic) bond motifs is 3. The highest BCUT2D eigenvalue weighted by Gasteiger charge is 2.31. The standard InChI is InChI=1S/C21H23BrN2O3/c1-14(25)27-13-16-17(22)7-5-9-19(16)24-11-10-23-18-8-4-2-3-6-15(18)12-20(23)21(24)26/h5,7,9,12H,2-4,6,8,10-11,13H2,1H3. The van der Waals surface area contributed by atoms with Crippen LogP contribution in [0.1, 0.15) is 53.5 Å². The zero-order valence-electron chi connectivity index (χ0n) is 15.5. The molecule has 142 valence electrons.